The zero-order valence-corrected chi connectivity index (χ0v) is 13.5. The van der Waals surface area contributed by atoms with Gasteiger partial charge in [-0.1, -0.05) is 12.1 Å². The van der Waals surface area contributed by atoms with Crippen LogP contribution < -0.4 is 5.43 Å². The Morgan fingerprint density at radius 1 is 1.13 bits per heavy atom. The zero-order valence-electron chi connectivity index (χ0n) is 11.8. The largest absolute Gasteiger partial charge is 0.472 e. The van der Waals surface area contributed by atoms with Crippen molar-refractivity contribution in [3.8, 4) is 21.0 Å². The Morgan fingerprint density at radius 3 is 2.26 bits per heavy atom. The van der Waals surface area contributed by atoms with E-state index in [0.717, 1.165) is 25.6 Å². The summed E-state index contributed by atoms with van der Waals surface area (Å²) in [6.45, 7) is 1.81. The minimum Gasteiger partial charge on any atom is -0.263 e. The van der Waals surface area contributed by atoms with E-state index >= 15 is 0 Å². The number of amides is 1. The molecule has 0 aliphatic carbocycles. The van der Waals surface area contributed by atoms with Gasteiger partial charge in [0, 0.05) is 16.6 Å². The van der Waals surface area contributed by atoms with Crippen LogP contribution in [0.5, 0.6) is 0 Å². The van der Waals surface area contributed by atoms with Crippen LogP contribution in [-0.4, -0.2) is 16.8 Å². The van der Waals surface area contributed by atoms with Crippen LogP contribution in [0.4, 0.5) is 13.2 Å². The van der Waals surface area contributed by atoms with E-state index in [1.165, 1.54) is 28.9 Å². The summed E-state index contributed by atoms with van der Waals surface area (Å²) in [4.78, 5) is 13.0. The van der Waals surface area contributed by atoms with E-state index in [1.807, 2.05) is 47.4 Å². The van der Waals surface area contributed by atoms with Gasteiger partial charge in [0.15, 0.2) is 0 Å². The highest BCUT2D eigenvalue weighted by molar-refractivity contribution is 7.14. The summed E-state index contributed by atoms with van der Waals surface area (Å²) in [6.07, 6.45) is -3.43. The smallest absolute Gasteiger partial charge is 0.263 e. The van der Waals surface area contributed by atoms with Crippen LogP contribution in [0.15, 0.2) is 41.2 Å². The van der Waals surface area contributed by atoms with E-state index in [2.05, 4.69) is 0 Å². The SMILES string of the molecule is Cc1cn(NC(=O)C(F)(F)F)c(-c2cccs2)c1-c1cccs1. The number of halogens is 3. The lowest BCUT2D eigenvalue weighted by Gasteiger charge is -2.12. The van der Waals surface area contributed by atoms with E-state index < -0.39 is 12.1 Å². The van der Waals surface area contributed by atoms with Gasteiger partial charge < -0.3 is 0 Å². The fourth-order valence-corrected chi connectivity index (χ4v) is 3.89. The number of alkyl halides is 3. The van der Waals surface area contributed by atoms with Gasteiger partial charge >= 0.3 is 12.1 Å². The molecule has 3 aromatic rings. The Kier molecular flexibility index (Phi) is 4.03. The molecule has 3 heterocycles. The van der Waals surface area contributed by atoms with Crippen LogP contribution in [0, 0.1) is 6.92 Å². The number of rotatable bonds is 3. The second kappa shape index (κ2) is 5.86. The van der Waals surface area contributed by atoms with Crippen molar-refractivity contribution in [3.05, 3.63) is 46.8 Å². The number of hydrogen-bond acceptors (Lipinski definition) is 3. The predicted octanol–water partition coefficient (Wildman–Crippen LogP) is 4.89. The van der Waals surface area contributed by atoms with Crippen molar-refractivity contribution < 1.29 is 18.0 Å². The summed E-state index contributed by atoms with van der Waals surface area (Å²) in [5.41, 5.74) is 4.09. The minimum atomic E-state index is -4.94. The molecule has 0 atom stereocenters. The molecule has 3 aromatic heterocycles. The number of thiophene rings is 2. The normalized spacial score (nSPS) is 11.7. The number of nitrogens with one attached hydrogen (secondary N) is 1. The number of hydrogen-bond donors (Lipinski definition) is 1. The van der Waals surface area contributed by atoms with Crippen molar-refractivity contribution in [2.45, 2.75) is 13.1 Å². The van der Waals surface area contributed by atoms with Crippen LogP contribution in [0.3, 0.4) is 0 Å². The highest BCUT2D eigenvalue weighted by atomic mass is 32.1. The maximum atomic E-state index is 12.6. The van der Waals surface area contributed by atoms with Crippen LogP contribution in [0.2, 0.25) is 0 Å². The Morgan fingerprint density at radius 2 is 1.74 bits per heavy atom. The fraction of sp³-hybridized carbons (Fsp3) is 0.133. The van der Waals surface area contributed by atoms with Gasteiger partial charge in [0.25, 0.3) is 0 Å². The van der Waals surface area contributed by atoms with Crippen molar-refractivity contribution in [2.24, 2.45) is 0 Å². The van der Waals surface area contributed by atoms with Gasteiger partial charge in [0.05, 0.1) is 10.6 Å². The molecule has 3 nitrogen and oxygen atoms in total. The highest BCUT2D eigenvalue weighted by Gasteiger charge is 2.39. The molecular formula is C15H11F3N2OS2. The second-order valence-corrected chi connectivity index (χ2v) is 6.69. The molecule has 1 N–H and O–H groups in total. The summed E-state index contributed by atoms with van der Waals surface area (Å²) >= 11 is 2.90. The molecule has 0 bridgehead atoms. The fourth-order valence-electron chi connectivity index (χ4n) is 2.28. The van der Waals surface area contributed by atoms with Gasteiger partial charge in [-0.15, -0.1) is 22.7 Å². The van der Waals surface area contributed by atoms with Gasteiger partial charge in [0.1, 0.15) is 0 Å². The lowest BCUT2D eigenvalue weighted by Crippen LogP contribution is -2.35. The van der Waals surface area contributed by atoms with Crippen molar-refractivity contribution >= 4 is 28.6 Å². The molecule has 0 aliphatic rings. The van der Waals surface area contributed by atoms with Crippen LogP contribution >= 0.6 is 22.7 Å². The Labute approximate surface area is 138 Å². The molecule has 0 aromatic carbocycles. The number of aryl methyl sites for hydroxylation is 1. The van der Waals surface area contributed by atoms with Gasteiger partial charge in [-0.25, -0.2) is 0 Å². The number of carbonyl (C=O) groups excluding carboxylic acids is 1. The molecule has 0 unspecified atom stereocenters. The molecular weight excluding hydrogens is 345 g/mol. The van der Waals surface area contributed by atoms with Crippen molar-refractivity contribution in [1.29, 1.82) is 0 Å². The van der Waals surface area contributed by atoms with Crippen LogP contribution in [0.25, 0.3) is 21.0 Å². The predicted molar refractivity (Wildman–Crippen MR) is 86.2 cm³/mol. The van der Waals surface area contributed by atoms with Gasteiger partial charge in [-0.2, -0.15) is 13.2 Å². The van der Waals surface area contributed by atoms with Gasteiger partial charge in [-0.3, -0.25) is 14.9 Å². The molecule has 0 fully saturated rings. The molecule has 0 saturated heterocycles. The summed E-state index contributed by atoms with van der Waals surface area (Å²) < 4.78 is 38.9. The summed E-state index contributed by atoms with van der Waals surface area (Å²) in [6, 6.07) is 7.41. The number of carbonyl (C=O) groups is 1. The first kappa shape index (κ1) is 15.8. The zero-order chi connectivity index (χ0) is 16.6. The topological polar surface area (TPSA) is 34.0 Å². The van der Waals surface area contributed by atoms with Crippen molar-refractivity contribution in [3.63, 3.8) is 0 Å². The molecule has 0 aliphatic heterocycles. The first-order valence-electron chi connectivity index (χ1n) is 6.56. The van der Waals surface area contributed by atoms with E-state index in [1.54, 1.807) is 0 Å². The summed E-state index contributed by atoms with van der Waals surface area (Å²) in [5.74, 6) is -2.00. The first-order valence-corrected chi connectivity index (χ1v) is 8.31. The Hall–Kier alpha value is -2.06. The Bertz CT molecular complexity index is 818. The first-order chi connectivity index (χ1) is 10.9. The van der Waals surface area contributed by atoms with Crippen LogP contribution in [0.1, 0.15) is 5.56 Å². The van der Waals surface area contributed by atoms with E-state index in [9.17, 15) is 18.0 Å². The maximum absolute atomic E-state index is 12.6. The molecule has 1 amide bonds. The van der Waals surface area contributed by atoms with E-state index in [4.69, 9.17) is 0 Å². The average molecular weight is 356 g/mol. The molecule has 0 spiro atoms. The van der Waals surface area contributed by atoms with Gasteiger partial charge in [-0.05, 0) is 35.4 Å². The van der Waals surface area contributed by atoms with Crippen molar-refractivity contribution in [1.82, 2.24) is 4.68 Å². The molecule has 0 radical (unpaired) electrons. The standard InChI is InChI=1S/C15H11F3N2OS2/c1-9-8-20(19-14(21)15(16,17)18)13(11-5-3-7-23-11)12(9)10-4-2-6-22-10/h2-8H,1H3,(H,19,21). The molecule has 0 saturated carbocycles. The number of nitrogens with zero attached hydrogens (tertiary/aromatic N) is 1. The second-order valence-electron chi connectivity index (χ2n) is 4.80. The third-order valence-electron chi connectivity index (χ3n) is 3.20. The van der Waals surface area contributed by atoms with E-state index in [-0.39, 0.29) is 0 Å². The Balaban J connectivity index is 2.14. The van der Waals surface area contributed by atoms with Crippen molar-refractivity contribution in [2.75, 3.05) is 5.43 Å². The monoisotopic (exact) mass is 356 g/mol. The van der Waals surface area contributed by atoms with Crippen LogP contribution in [-0.2, 0) is 4.79 Å². The lowest BCUT2D eigenvalue weighted by molar-refractivity contribution is -0.168. The lowest BCUT2D eigenvalue weighted by atomic mass is 10.1. The molecule has 8 heteroatoms. The third-order valence-corrected chi connectivity index (χ3v) is 4.96. The van der Waals surface area contributed by atoms with Gasteiger partial charge in [0.2, 0.25) is 0 Å². The third kappa shape index (κ3) is 3.04. The minimum absolute atomic E-state index is 0.553. The quantitative estimate of drug-likeness (QED) is 0.713. The molecule has 120 valence electrons. The summed E-state index contributed by atoms with van der Waals surface area (Å²) in [7, 11) is 0. The number of aromatic nitrogens is 1. The molecule has 3 rings (SSSR count). The average Bonchev–Trinajstić information content (AvgIpc) is 3.17. The summed E-state index contributed by atoms with van der Waals surface area (Å²) in [5, 5.41) is 3.74. The molecule has 23 heavy (non-hydrogen) atoms. The van der Waals surface area contributed by atoms with E-state index in [0.29, 0.717) is 5.69 Å². The maximum Gasteiger partial charge on any atom is 0.472 e. The highest BCUT2D eigenvalue weighted by Crippen LogP contribution is 2.40.